The molecule has 0 aliphatic heterocycles. The van der Waals surface area contributed by atoms with Crippen LogP contribution in [0.3, 0.4) is 0 Å². The number of hydrogen-bond acceptors (Lipinski definition) is 3. The number of carbonyl (C=O) groups excluding carboxylic acids is 2. The van der Waals surface area contributed by atoms with Crippen molar-refractivity contribution in [3.05, 3.63) is 54.3 Å². The van der Waals surface area contributed by atoms with E-state index in [-0.39, 0.29) is 36.3 Å². The minimum Gasteiger partial charge on any atom is -0.494 e. The Kier molecular flexibility index (Phi) is 8.21. The van der Waals surface area contributed by atoms with Gasteiger partial charge in [-0.25, -0.2) is 9.18 Å². The number of nitrogens with one attached hydrogen (secondary N) is 2. The first kappa shape index (κ1) is 23.2. The van der Waals surface area contributed by atoms with Crippen molar-refractivity contribution in [2.45, 2.75) is 34.1 Å². The molecule has 2 aromatic carbocycles. The minimum absolute atomic E-state index is 0.0755. The van der Waals surface area contributed by atoms with Crippen LogP contribution in [0, 0.1) is 11.2 Å². The summed E-state index contributed by atoms with van der Waals surface area (Å²) in [5.74, 6) is 0.255. The first-order valence-corrected chi connectivity index (χ1v) is 10.0. The molecule has 0 unspecified atom stereocenters. The van der Waals surface area contributed by atoms with Crippen LogP contribution in [0.4, 0.5) is 20.6 Å². The normalized spacial score (nSPS) is 11.0. The van der Waals surface area contributed by atoms with Crippen LogP contribution in [-0.2, 0) is 4.79 Å². The van der Waals surface area contributed by atoms with Gasteiger partial charge in [-0.05, 0) is 60.9 Å². The highest BCUT2D eigenvalue weighted by Crippen LogP contribution is 2.20. The molecular formula is C23H30FN3O3. The maximum absolute atomic E-state index is 13.3. The number of rotatable bonds is 8. The summed E-state index contributed by atoms with van der Waals surface area (Å²) >= 11 is 0. The Labute approximate surface area is 177 Å². The van der Waals surface area contributed by atoms with Crippen molar-refractivity contribution in [3.63, 3.8) is 0 Å². The quantitative estimate of drug-likeness (QED) is 0.650. The number of ether oxygens (including phenoxy) is 1. The Hall–Kier alpha value is -3.09. The summed E-state index contributed by atoms with van der Waals surface area (Å²) in [7, 11) is 0. The van der Waals surface area contributed by atoms with E-state index in [9.17, 15) is 14.0 Å². The van der Waals surface area contributed by atoms with Gasteiger partial charge >= 0.3 is 6.03 Å². The van der Waals surface area contributed by atoms with Gasteiger partial charge in [-0.2, -0.15) is 0 Å². The smallest absolute Gasteiger partial charge is 0.326 e. The molecule has 0 bridgehead atoms. The summed E-state index contributed by atoms with van der Waals surface area (Å²) in [6.45, 7) is 8.94. The second-order valence-electron chi connectivity index (χ2n) is 8.10. The van der Waals surface area contributed by atoms with Crippen LogP contribution in [-0.4, -0.2) is 31.6 Å². The van der Waals surface area contributed by atoms with E-state index in [4.69, 9.17) is 4.74 Å². The number of carbonyl (C=O) groups is 2. The molecule has 30 heavy (non-hydrogen) atoms. The number of benzene rings is 2. The second-order valence-corrected chi connectivity index (χ2v) is 8.10. The Morgan fingerprint density at radius 2 is 1.67 bits per heavy atom. The molecule has 0 saturated carbocycles. The monoisotopic (exact) mass is 415 g/mol. The van der Waals surface area contributed by atoms with Gasteiger partial charge in [-0.1, -0.05) is 20.8 Å². The Morgan fingerprint density at radius 1 is 1.03 bits per heavy atom. The molecule has 0 spiro atoms. The van der Waals surface area contributed by atoms with Crippen molar-refractivity contribution >= 4 is 23.3 Å². The minimum atomic E-state index is -0.385. The molecule has 0 aliphatic rings. The maximum atomic E-state index is 13.3. The molecule has 2 aromatic rings. The van der Waals surface area contributed by atoms with Crippen LogP contribution in [0.2, 0.25) is 0 Å². The fourth-order valence-corrected chi connectivity index (χ4v) is 2.81. The highest BCUT2D eigenvalue weighted by molar-refractivity contribution is 6.01. The molecular weight excluding hydrogens is 385 g/mol. The summed E-state index contributed by atoms with van der Waals surface area (Å²) in [5, 5.41) is 5.67. The molecule has 0 atom stereocenters. The third-order valence-electron chi connectivity index (χ3n) is 4.15. The van der Waals surface area contributed by atoms with Crippen molar-refractivity contribution in [1.82, 2.24) is 5.32 Å². The standard InChI is InChI=1S/C23H30FN3O3/c1-5-30-20-12-8-18(9-13-20)26-22(29)27(19-10-6-17(24)7-11-19)15-14-25-21(28)16-23(2,3)4/h6-13H,5,14-16H2,1-4H3,(H,25,28)(H,26,29). The van der Waals surface area contributed by atoms with Crippen LogP contribution in [0.5, 0.6) is 5.75 Å². The van der Waals surface area contributed by atoms with Crippen molar-refractivity contribution in [1.29, 1.82) is 0 Å². The third-order valence-corrected chi connectivity index (χ3v) is 4.15. The number of amides is 3. The molecule has 0 saturated heterocycles. The average molecular weight is 416 g/mol. The number of hydrogen-bond donors (Lipinski definition) is 2. The predicted molar refractivity (Wildman–Crippen MR) is 117 cm³/mol. The SMILES string of the molecule is CCOc1ccc(NC(=O)N(CCNC(=O)CC(C)(C)C)c2ccc(F)cc2)cc1. The molecule has 2 rings (SSSR count). The summed E-state index contributed by atoms with van der Waals surface area (Å²) in [6.07, 6.45) is 0.391. The summed E-state index contributed by atoms with van der Waals surface area (Å²) < 4.78 is 18.7. The van der Waals surface area contributed by atoms with Crippen molar-refractivity contribution in [2.24, 2.45) is 5.41 Å². The molecule has 0 aliphatic carbocycles. The number of halogens is 1. The fraction of sp³-hybridized carbons (Fsp3) is 0.391. The maximum Gasteiger partial charge on any atom is 0.326 e. The van der Waals surface area contributed by atoms with Crippen molar-refractivity contribution < 1.29 is 18.7 Å². The number of urea groups is 1. The van der Waals surface area contributed by atoms with Crippen LogP contribution in [0.25, 0.3) is 0 Å². The zero-order valence-corrected chi connectivity index (χ0v) is 18.0. The van der Waals surface area contributed by atoms with Gasteiger partial charge in [0.1, 0.15) is 11.6 Å². The van der Waals surface area contributed by atoms with E-state index >= 15 is 0 Å². The molecule has 6 nitrogen and oxygen atoms in total. The summed E-state index contributed by atoms with van der Waals surface area (Å²) in [4.78, 5) is 26.4. The summed E-state index contributed by atoms with van der Waals surface area (Å²) in [6, 6.07) is 12.3. The fourth-order valence-electron chi connectivity index (χ4n) is 2.81. The number of anilines is 2. The zero-order chi connectivity index (χ0) is 22.1. The molecule has 7 heteroatoms. The lowest BCUT2D eigenvalue weighted by atomic mass is 9.92. The van der Waals surface area contributed by atoms with Gasteiger partial charge in [-0.15, -0.1) is 0 Å². The van der Waals surface area contributed by atoms with Gasteiger partial charge in [0.25, 0.3) is 0 Å². The van der Waals surface area contributed by atoms with Crippen LogP contribution < -0.4 is 20.3 Å². The van der Waals surface area contributed by atoms with Gasteiger partial charge in [0.2, 0.25) is 5.91 Å². The van der Waals surface area contributed by atoms with E-state index in [1.165, 1.54) is 29.2 Å². The molecule has 0 heterocycles. The lowest BCUT2D eigenvalue weighted by molar-refractivity contribution is -0.122. The zero-order valence-electron chi connectivity index (χ0n) is 18.0. The van der Waals surface area contributed by atoms with E-state index in [0.29, 0.717) is 30.2 Å². The third kappa shape index (κ3) is 7.73. The van der Waals surface area contributed by atoms with Gasteiger partial charge < -0.3 is 15.4 Å². The van der Waals surface area contributed by atoms with E-state index < -0.39 is 0 Å². The Morgan fingerprint density at radius 3 is 2.23 bits per heavy atom. The van der Waals surface area contributed by atoms with Crippen molar-refractivity contribution in [2.75, 3.05) is 29.9 Å². The molecule has 162 valence electrons. The Balaban J connectivity index is 2.06. The highest BCUT2D eigenvalue weighted by atomic mass is 19.1. The van der Waals surface area contributed by atoms with Gasteiger partial charge in [-0.3, -0.25) is 9.69 Å². The second kappa shape index (κ2) is 10.6. The molecule has 2 N–H and O–H groups in total. The molecule has 3 amide bonds. The Bertz CT molecular complexity index is 830. The van der Waals surface area contributed by atoms with E-state index in [2.05, 4.69) is 10.6 Å². The lowest BCUT2D eigenvalue weighted by Gasteiger charge is -2.24. The highest BCUT2D eigenvalue weighted by Gasteiger charge is 2.18. The topological polar surface area (TPSA) is 70.7 Å². The van der Waals surface area contributed by atoms with E-state index in [1.54, 1.807) is 24.3 Å². The average Bonchev–Trinajstić information content (AvgIpc) is 2.66. The molecule has 0 aromatic heterocycles. The summed E-state index contributed by atoms with van der Waals surface area (Å²) in [5.41, 5.74) is 1.02. The van der Waals surface area contributed by atoms with Gasteiger partial charge in [0.05, 0.1) is 6.61 Å². The lowest BCUT2D eigenvalue weighted by Crippen LogP contribution is -2.41. The van der Waals surface area contributed by atoms with Crippen molar-refractivity contribution in [3.8, 4) is 5.75 Å². The van der Waals surface area contributed by atoms with Crippen LogP contribution in [0.15, 0.2) is 48.5 Å². The van der Waals surface area contributed by atoms with E-state index in [1.807, 2.05) is 27.7 Å². The first-order chi connectivity index (χ1) is 14.2. The molecule has 0 fully saturated rings. The van der Waals surface area contributed by atoms with Gasteiger partial charge in [0, 0.05) is 30.9 Å². The largest absolute Gasteiger partial charge is 0.494 e. The predicted octanol–water partition coefficient (Wildman–Crippen LogP) is 4.82. The molecule has 0 radical (unpaired) electrons. The van der Waals surface area contributed by atoms with Crippen LogP contribution in [0.1, 0.15) is 34.1 Å². The number of nitrogens with zero attached hydrogens (tertiary/aromatic N) is 1. The first-order valence-electron chi connectivity index (χ1n) is 10.0. The van der Waals surface area contributed by atoms with Crippen LogP contribution >= 0.6 is 0 Å². The van der Waals surface area contributed by atoms with Gasteiger partial charge in [0.15, 0.2) is 0 Å². The van der Waals surface area contributed by atoms with E-state index in [0.717, 1.165) is 0 Å².